The first-order chi connectivity index (χ1) is 13.7. The molecule has 2 aromatic rings. The number of likely N-dealkylation sites (N-methyl/N-ethyl adjacent to an activating group) is 1. The second kappa shape index (κ2) is 10.2. The highest BCUT2D eigenvalue weighted by Crippen LogP contribution is 2.28. The number of rotatable bonds is 9. The topological polar surface area (TPSA) is 84.9 Å². The number of hydrogen-bond acceptors (Lipinski definition) is 5. The molecule has 0 fully saturated rings. The third-order valence-corrected chi connectivity index (χ3v) is 6.76. The van der Waals surface area contributed by atoms with Crippen LogP contribution in [-0.4, -0.2) is 45.9 Å². The van der Waals surface area contributed by atoms with Crippen LogP contribution in [0, 0.1) is 0 Å². The lowest BCUT2D eigenvalue weighted by Crippen LogP contribution is -2.40. The smallest absolute Gasteiger partial charge is 0.245 e. The number of halogens is 2. The molecule has 0 aliphatic carbocycles. The first-order valence-electron chi connectivity index (χ1n) is 8.65. The van der Waals surface area contributed by atoms with E-state index in [-0.39, 0.29) is 34.6 Å². The molecule has 0 aliphatic heterocycles. The molecule has 1 N–H and O–H groups in total. The standard InChI is InChI=1S/C19H22Cl2N2O5S/c1-4-23(29(25,26)18-10-14(20)6-7-15(18)21)12-19(24)22-11-13-5-8-16(27-2)17(9-13)28-3/h5-10H,4,11-12H2,1-3H3,(H,22,24). The van der Waals surface area contributed by atoms with Crippen LogP contribution >= 0.6 is 23.2 Å². The van der Waals surface area contributed by atoms with E-state index in [4.69, 9.17) is 32.7 Å². The van der Waals surface area contributed by atoms with Crippen molar-refractivity contribution >= 4 is 39.1 Å². The molecule has 0 bridgehead atoms. The van der Waals surface area contributed by atoms with Crippen LogP contribution in [0.1, 0.15) is 12.5 Å². The third-order valence-electron chi connectivity index (χ3n) is 4.12. The molecule has 0 saturated carbocycles. The molecule has 1 amide bonds. The highest BCUT2D eigenvalue weighted by atomic mass is 35.5. The highest BCUT2D eigenvalue weighted by molar-refractivity contribution is 7.89. The van der Waals surface area contributed by atoms with Gasteiger partial charge in [0.15, 0.2) is 11.5 Å². The van der Waals surface area contributed by atoms with Crippen LogP contribution in [0.4, 0.5) is 0 Å². The van der Waals surface area contributed by atoms with E-state index in [1.807, 2.05) is 0 Å². The summed E-state index contributed by atoms with van der Waals surface area (Å²) in [5, 5.41) is 2.98. The van der Waals surface area contributed by atoms with Crippen LogP contribution < -0.4 is 14.8 Å². The molecule has 2 rings (SSSR count). The minimum Gasteiger partial charge on any atom is -0.493 e. The summed E-state index contributed by atoms with van der Waals surface area (Å²) in [5.41, 5.74) is 0.778. The maximum Gasteiger partial charge on any atom is 0.245 e. The molecular weight excluding hydrogens is 439 g/mol. The van der Waals surface area contributed by atoms with E-state index in [0.29, 0.717) is 11.5 Å². The average molecular weight is 461 g/mol. The van der Waals surface area contributed by atoms with Gasteiger partial charge in [-0.2, -0.15) is 4.31 Å². The van der Waals surface area contributed by atoms with Gasteiger partial charge in [0.2, 0.25) is 15.9 Å². The Balaban J connectivity index is 2.09. The van der Waals surface area contributed by atoms with Crippen molar-refractivity contribution in [1.82, 2.24) is 9.62 Å². The molecule has 7 nitrogen and oxygen atoms in total. The molecule has 0 aliphatic rings. The fraction of sp³-hybridized carbons (Fsp3) is 0.316. The van der Waals surface area contributed by atoms with Crippen molar-refractivity contribution in [2.24, 2.45) is 0 Å². The highest BCUT2D eigenvalue weighted by Gasteiger charge is 2.27. The molecule has 0 heterocycles. The minimum absolute atomic E-state index is 0.0404. The zero-order valence-electron chi connectivity index (χ0n) is 16.2. The Kier molecular flexibility index (Phi) is 8.15. The predicted octanol–water partition coefficient (Wildman–Crippen LogP) is 3.34. The summed E-state index contributed by atoms with van der Waals surface area (Å²) in [6, 6.07) is 9.41. The average Bonchev–Trinajstić information content (AvgIpc) is 2.71. The van der Waals surface area contributed by atoms with Gasteiger partial charge in [-0.25, -0.2) is 8.42 Å². The van der Waals surface area contributed by atoms with Crippen LogP contribution in [-0.2, 0) is 21.4 Å². The van der Waals surface area contributed by atoms with Gasteiger partial charge in [0.1, 0.15) is 4.90 Å². The van der Waals surface area contributed by atoms with Crippen molar-refractivity contribution in [2.45, 2.75) is 18.4 Å². The Labute approximate surface area is 180 Å². The van der Waals surface area contributed by atoms with E-state index < -0.39 is 15.9 Å². The number of benzene rings is 2. The normalized spacial score (nSPS) is 11.4. The van der Waals surface area contributed by atoms with Crippen LogP contribution in [0.3, 0.4) is 0 Å². The fourth-order valence-corrected chi connectivity index (χ4v) is 4.73. The molecule has 0 saturated heterocycles. The van der Waals surface area contributed by atoms with Crippen molar-refractivity contribution in [3.63, 3.8) is 0 Å². The summed E-state index contributed by atoms with van der Waals surface area (Å²) < 4.78 is 37.2. The number of nitrogens with zero attached hydrogens (tertiary/aromatic N) is 1. The number of sulfonamides is 1. The van der Waals surface area contributed by atoms with E-state index >= 15 is 0 Å². The van der Waals surface area contributed by atoms with Crippen LogP contribution in [0.5, 0.6) is 11.5 Å². The van der Waals surface area contributed by atoms with Gasteiger partial charge >= 0.3 is 0 Å². The zero-order chi connectivity index (χ0) is 21.6. The van der Waals surface area contributed by atoms with E-state index in [1.165, 1.54) is 32.4 Å². The van der Waals surface area contributed by atoms with E-state index in [1.54, 1.807) is 25.1 Å². The number of amides is 1. The molecular formula is C19H22Cl2N2O5S. The SMILES string of the molecule is CCN(CC(=O)NCc1ccc(OC)c(OC)c1)S(=O)(=O)c1cc(Cl)ccc1Cl. The first kappa shape index (κ1) is 23.3. The van der Waals surface area contributed by atoms with Gasteiger partial charge in [-0.15, -0.1) is 0 Å². The summed E-state index contributed by atoms with van der Waals surface area (Å²) >= 11 is 11.9. The summed E-state index contributed by atoms with van der Waals surface area (Å²) in [6.45, 7) is 1.58. The van der Waals surface area contributed by atoms with E-state index in [9.17, 15) is 13.2 Å². The Hall–Kier alpha value is -2.00. The molecule has 0 unspecified atom stereocenters. The van der Waals surface area contributed by atoms with Crippen molar-refractivity contribution in [3.05, 3.63) is 52.0 Å². The summed E-state index contributed by atoms with van der Waals surface area (Å²) in [5.74, 6) is 0.653. The van der Waals surface area contributed by atoms with Crippen molar-refractivity contribution in [3.8, 4) is 11.5 Å². The minimum atomic E-state index is -3.98. The quantitative estimate of drug-likeness (QED) is 0.619. The maximum atomic E-state index is 12.9. The Bertz CT molecular complexity index is 983. The number of hydrogen-bond donors (Lipinski definition) is 1. The lowest BCUT2D eigenvalue weighted by Gasteiger charge is -2.21. The molecule has 10 heteroatoms. The van der Waals surface area contributed by atoms with Crippen molar-refractivity contribution < 1.29 is 22.7 Å². The van der Waals surface area contributed by atoms with Crippen molar-refractivity contribution in [1.29, 1.82) is 0 Å². The van der Waals surface area contributed by atoms with Gasteiger partial charge in [0.25, 0.3) is 0 Å². The van der Waals surface area contributed by atoms with E-state index in [0.717, 1.165) is 9.87 Å². The van der Waals surface area contributed by atoms with Crippen LogP contribution in [0.25, 0.3) is 0 Å². The van der Waals surface area contributed by atoms with Crippen LogP contribution in [0.15, 0.2) is 41.3 Å². The molecule has 0 spiro atoms. The predicted molar refractivity (Wildman–Crippen MR) is 112 cm³/mol. The van der Waals surface area contributed by atoms with Gasteiger partial charge in [-0.3, -0.25) is 4.79 Å². The van der Waals surface area contributed by atoms with Crippen molar-refractivity contribution in [2.75, 3.05) is 27.3 Å². The van der Waals surface area contributed by atoms with E-state index in [2.05, 4.69) is 5.32 Å². The monoisotopic (exact) mass is 460 g/mol. The van der Waals surface area contributed by atoms with Gasteiger partial charge < -0.3 is 14.8 Å². The third kappa shape index (κ3) is 5.76. The number of carbonyl (C=O) groups excluding carboxylic acids is 1. The fourth-order valence-electron chi connectivity index (χ4n) is 2.59. The summed E-state index contributed by atoms with van der Waals surface area (Å²) in [6.07, 6.45) is 0. The van der Waals surface area contributed by atoms with Gasteiger partial charge in [0, 0.05) is 18.1 Å². The number of carbonyl (C=O) groups is 1. The Morgan fingerprint density at radius 1 is 1.07 bits per heavy atom. The van der Waals surface area contributed by atoms with Crippen LogP contribution in [0.2, 0.25) is 10.0 Å². The van der Waals surface area contributed by atoms with Gasteiger partial charge in [-0.05, 0) is 35.9 Å². The second-order valence-corrected chi connectivity index (χ2v) is 8.72. The molecule has 0 radical (unpaired) electrons. The molecule has 2 aromatic carbocycles. The lowest BCUT2D eigenvalue weighted by atomic mass is 10.2. The molecule has 0 atom stereocenters. The number of nitrogens with one attached hydrogen (secondary N) is 1. The van der Waals surface area contributed by atoms with Gasteiger partial charge in [-0.1, -0.05) is 36.2 Å². The molecule has 158 valence electrons. The molecule has 29 heavy (non-hydrogen) atoms. The summed E-state index contributed by atoms with van der Waals surface area (Å²) in [7, 11) is -0.930. The Morgan fingerprint density at radius 2 is 1.76 bits per heavy atom. The molecule has 0 aromatic heterocycles. The largest absolute Gasteiger partial charge is 0.493 e. The Morgan fingerprint density at radius 3 is 2.38 bits per heavy atom. The zero-order valence-corrected chi connectivity index (χ0v) is 18.6. The first-order valence-corrected chi connectivity index (χ1v) is 10.8. The van der Waals surface area contributed by atoms with Gasteiger partial charge in [0.05, 0.1) is 25.8 Å². The second-order valence-electron chi connectivity index (χ2n) is 5.97. The number of ether oxygens (including phenoxy) is 2. The number of methoxy groups -OCH3 is 2. The maximum absolute atomic E-state index is 12.9. The summed E-state index contributed by atoms with van der Waals surface area (Å²) in [4.78, 5) is 12.2. The lowest BCUT2D eigenvalue weighted by molar-refractivity contribution is -0.121.